The Bertz CT molecular complexity index is 494. The summed E-state index contributed by atoms with van der Waals surface area (Å²) in [6.45, 7) is 4.30. The number of benzene rings is 1. The Morgan fingerprint density at radius 1 is 1.50 bits per heavy atom. The van der Waals surface area contributed by atoms with Crippen molar-refractivity contribution in [2.75, 3.05) is 6.61 Å². The first-order valence-electron chi connectivity index (χ1n) is 5.99. The first-order valence-corrected chi connectivity index (χ1v) is 6.78. The molecule has 3 nitrogen and oxygen atoms in total. The SMILES string of the molecule is CC(C)COC(=O)C1Cc2cccc(Br)c2C1=O. The number of hydrogen-bond acceptors (Lipinski definition) is 3. The number of halogens is 1. The fourth-order valence-electron chi connectivity index (χ4n) is 2.04. The zero-order chi connectivity index (χ0) is 13.3. The molecule has 0 radical (unpaired) electrons. The minimum atomic E-state index is -0.669. The van der Waals surface area contributed by atoms with Crippen LogP contribution in [0.3, 0.4) is 0 Å². The van der Waals surface area contributed by atoms with Crippen LogP contribution in [0.15, 0.2) is 22.7 Å². The highest BCUT2D eigenvalue weighted by atomic mass is 79.9. The summed E-state index contributed by atoms with van der Waals surface area (Å²) in [5, 5.41) is 0. The van der Waals surface area contributed by atoms with Gasteiger partial charge in [0, 0.05) is 10.0 Å². The van der Waals surface area contributed by atoms with Gasteiger partial charge in [-0.3, -0.25) is 9.59 Å². The minimum Gasteiger partial charge on any atom is -0.465 e. The molecule has 0 saturated carbocycles. The topological polar surface area (TPSA) is 43.4 Å². The van der Waals surface area contributed by atoms with E-state index < -0.39 is 11.9 Å². The highest BCUT2D eigenvalue weighted by Gasteiger charge is 2.38. The lowest BCUT2D eigenvalue weighted by Crippen LogP contribution is -2.24. The van der Waals surface area contributed by atoms with Crippen LogP contribution in [-0.2, 0) is 16.0 Å². The standard InChI is InChI=1S/C14H15BrO3/c1-8(2)7-18-14(17)10-6-9-4-3-5-11(15)12(9)13(10)16/h3-5,8,10H,6-7H2,1-2H3. The smallest absolute Gasteiger partial charge is 0.317 e. The van der Waals surface area contributed by atoms with Crippen molar-refractivity contribution in [3.63, 3.8) is 0 Å². The quantitative estimate of drug-likeness (QED) is 0.636. The third-order valence-corrected chi connectivity index (χ3v) is 3.59. The monoisotopic (exact) mass is 310 g/mol. The molecule has 0 amide bonds. The molecule has 0 spiro atoms. The van der Waals surface area contributed by atoms with Gasteiger partial charge in [0.2, 0.25) is 0 Å². The van der Waals surface area contributed by atoms with Crippen LogP contribution in [-0.4, -0.2) is 18.4 Å². The Kier molecular flexibility index (Phi) is 3.85. The Balaban J connectivity index is 2.14. The number of fused-ring (bicyclic) bond motifs is 1. The number of hydrogen-bond donors (Lipinski definition) is 0. The van der Waals surface area contributed by atoms with Gasteiger partial charge in [-0.25, -0.2) is 0 Å². The molecule has 1 unspecified atom stereocenters. The number of ketones is 1. The van der Waals surface area contributed by atoms with Crippen molar-refractivity contribution < 1.29 is 14.3 Å². The van der Waals surface area contributed by atoms with Gasteiger partial charge in [-0.05, 0) is 24.0 Å². The van der Waals surface area contributed by atoms with Crippen molar-refractivity contribution >= 4 is 27.7 Å². The number of Topliss-reactive ketones (excluding diaryl/α,β-unsaturated/α-hetero) is 1. The maximum Gasteiger partial charge on any atom is 0.317 e. The molecule has 1 atom stereocenters. The van der Waals surface area contributed by atoms with E-state index in [0.717, 1.165) is 10.0 Å². The predicted molar refractivity (Wildman–Crippen MR) is 71.5 cm³/mol. The van der Waals surface area contributed by atoms with Crippen molar-refractivity contribution in [1.82, 2.24) is 0 Å². The molecular formula is C14H15BrO3. The molecule has 96 valence electrons. The molecule has 18 heavy (non-hydrogen) atoms. The second kappa shape index (κ2) is 5.22. The largest absolute Gasteiger partial charge is 0.465 e. The summed E-state index contributed by atoms with van der Waals surface area (Å²) in [7, 11) is 0. The van der Waals surface area contributed by atoms with Crippen molar-refractivity contribution in [3.05, 3.63) is 33.8 Å². The summed E-state index contributed by atoms with van der Waals surface area (Å²) >= 11 is 3.35. The van der Waals surface area contributed by atoms with E-state index in [1.54, 1.807) is 0 Å². The number of ether oxygens (including phenoxy) is 1. The van der Waals surface area contributed by atoms with E-state index in [1.807, 2.05) is 32.0 Å². The van der Waals surface area contributed by atoms with E-state index in [0.29, 0.717) is 18.6 Å². The molecule has 0 N–H and O–H groups in total. The van der Waals surface area contributed by atoms with Crippen LogP contribution in [0.1, 0.15) is 29.8 Å². The first kappa shape index (κ1) is 13.3. The Labute approximate surface area is 115 Å². The maximum atomic E-state index is 12.2. The average Bonchev–Trinajstić information content (AvgIpc) is 2.65. The van der Waals surface area contributed by atoms with Gasteiger partial charge in [-0.2, -0.15) is 0 Å². The van der Waals surface area contributed by atoms with E-state index in [-0.39, 0.29) is 11.7 Å². The van der Waals surface area contributed by atoms with Crippen LogP contribution < -0.4 is 0 Å². The van der Waals surface area contributed by atoms with Crippen LogP contribution in [0.25, 0.3) is 0 Å². The Morgan fingerprint density at radius 2 is 2.22 bits per heavy atom. The summed E-state index contributed by atoms with van der Waals surface area (Å²) in [5.74, 6) is -0.931. The predicted octanol–water partition coefficient (Wildman–Crippen LogP) is 3.00. The molecule has 0 bridgehead atoms. The lowest BCUT2D eigenvalue weighted by molar-refractivity contribution is -0.147. The maximum absolute atomic E-state index is 12.2. The Hall–Kier alpha value is -1.16. The molecule has 0 aromatic heterocycles. The van der Waals surface area contributed by atoms with E-state index >= 15 is 0 Å². The van der Waals surface area contributed by atoms with Crippen molar-refractivity contribution in [2.24, 2.45) is 11.8 Å². The number of carbonyl (C=O) groups is 2. The summed E-state index contributed by atoms with van der Waals surface area (Å²) in [4.78, 5) is 24.1. The molecule has 0 fully saturated rings. The highest BCUT2D eigenvalue weighted by Crippen LogP contribution is 2.32. The van der Waals surface area contributed by atoms with Gasteiger partial charge in [0.05, 0.1) is 6.61 Å². The molecule has 4 heteroatoms. The molecule has 1 aliphatic carbocycles. The lowest BCUT2D eigenvalue weighted by atomic mass is 10.1. The average molecular weight is 311 g/mol. The molecule has 1 aliphatic rings. The number of esters is 1. The van der Waals surface area contributed by atoms with E-state index in [1.165, 1.54) is 0 Å². The molecule has 1 aromatic rings. The minimum absolute atomic E-state index is 0.133. The first-order chi connectivity index (χ1) is 8.50. The summed E-state index contributed by atoms with van der Waals surface area (Å²) in [6.07, 6.45) is 0.449. The fraction of sp³-hybridized carbons (Fsp3) is 0.429. The van der Waals surface area contributed by atoms with Crippen molar-refractivity contribution in [2.45, 2.75) is 20.3 Å². The van der Waals surface area contributed by atoms with Gasteiger partial charge in [0.25, 0.3) is 0 Å². The normalized spacial score (nSPS) is 18.0. The summed E-state index contributed by atoms with van der Waals surface area (Å²) in [6, 6.07) is 5.57. The lowest BCUT2D eigenvalue weighted by Gasteiger charge is -2.10. The molecule has 1 aromatic carbocycles. The van der Waals surface area contributed by atoms with Crippen LogP contribution in [0.2, 0.25) is 0 Å². The van der Waals surface area contributed by atoms with Gasteiger partial charge < -0.3 is 4.74 Å². The van der Waals surface area contributed by atoms with Crippen molar-refractivity contribution in [1.29, 1.82) is 0 Å². The van der Waals surface area contributed by atoms with Gasteiger partial charge in [-0.1, -0.05) is 41.9 Å². The molecular weight excluding hydrogens is 296 g/mol. The third kappa shape index (κ3) is 2.48. The molecule has 0 heterocycles. The third-order valence-electron chi connectivity index (χ3n) is 2.93. The van der Waals surface area contributed by atoms with E-state index in [9.17, 15) is 9.59 Å². The van der Waals surface area contributed by atoms with Crippen LogP contribution in [0.4, 0.5) is 0 Å². The second-order valence-electron chi connectivity index (χ2n) is 4.92. The van der Waals surface area contributed by atoms with Crippen molar-refractivity contribution in [3.8, 4) is 0 Å². The second-order valence-corrected chi connectivity index (χ2v) is 5.77. The number of carbonyl (C=O) groups excluding carboxylic acids is 2. The Morgan fingerprint density at radius 3 is 2.83 bits per heavy atom. The molecule has 0 aliphatic heterocycles. The van der Waals surface area contributed by atoms with Gasteiger partial charge in [0.15, 0.2) is 5.78 Å². The van der Waals surface area contributed by atoms with Gasteiger partial charge in [0.1, 0.15) is 5.92 Å². The van der Waals surface area contributed by atoms with Crippen LogP contribution in [0.5, 0.6) is 0 Å². The fourth-order valence-corrected chi connectivity index (χ4v) is 2.64. The number of rotatable bonds is 3. The van der Waals surface area contributed by atoms with Gasteiger partial charge >= 0.3 is 5.97 Å². The molecule has 2 rings (SSSR count). The summed E-state index contributed by atoms with van der Waals surface area (Å²) < 4.78 is 5.91. The zero-order valence-electron chi connectivity index (χ0n) is 10.4. The van der Waals surface area contributed by atoms with Crippen LogP contribution >= 0.6 is 15.9 Å². The summed E-state index contributed by atoms with van der Waals surface area (Å²) in [5.41, 5.74) is 1.55. The zero-order valence-corrected chi connectivity index (χ0v) is 12.0. The van der Waals surface area contributed by atoms with E-state index in [2.05, 4.69) is 15.9 Å². The van der Waals surface area contributed by atoms with Crippen LogP contribution in [0, 0.1) is 11.8 Å². The van der Waals surface area contributed by atoms with Gasteiger partial charge in [-0.15, -0.1) is 0 Å². The molecule has 0 saturated heterocycles. The van der Waals surface area contributed by atoms with E-state index in [4.69, 9.17) is 4.74 Å². The highest BCUT2D eigenvalue weighted by molar-refractivity contribution is 9.10.